The Labute approximate surface area is 100 Å². The lowest BCUT2D eigenvalue weighted by Gasteiger charge is -2.36. The van der Waals surface area contributed by atoms with Crippen LogP contribution in [0.3, 0.4) is 0 Å². The molecule has 0 aliphatic carbocycles. The zero-order valence-electron chi connectivity index (χ0n) is 9.37. The summed E-state index contributed by atoms with van der Waals surface area (Å²) in [5.41, 5.74) is 0.997. The number of hydrogen-bond donors (Lipinski definition) is 1. The minimum Gasteiger partial charge on any atom is -0.381 e. The number of halogens is 1. The molecule has 0 unspecified atom stereocenters. The number of alkyl halides is 1. The molecule has 0 atom stereocenters. The van der Waals surface area contributed by atoms with Gasteiger partial charge in [0.1, 0.15) is 5.82 Å². The first-order chi connectivity index (χ1) is 7.74. The summed E-state index contributed by atoms with van der Waals surface area (Å²) in [6, 6.07) is 1.98. The quantitative estimate of drug-likeness (QED) is 0.823. The molecule has 1 N–H and O–H groups in total. The number of anilines is 1. The lowest BCUT2D eigenvalue weighted by molar-refractivity contribution is 0.0666. The van der Waals surface area contributed by atoms with Crippen LogP contribution in [0, 0.1) is 6.92 Å². The molecule has 1 aliphatic rings. The summed E-state index contributed by atoms with van der Waals surface area (Å²) in [7, 11) is 0. The maximum atomic E-state index is 6.06. The van der Waals surface area contributed by atoms with E-state index in [9.17, 15) is 0 Å². The van der Waals surface area contributed by atoms with E-state index in [-0.39, 0.29) is 5.54 Å². The number of nitrogens with zero attached hydrogens (tertiary/aromatic N) is 2. The Hall–Kier alpha value is -0.870. The Balaban J connectivity index is 2.11. The van der Waals surface area contributed by atoms with Gasteiger partial charge in [-0.1, -0.05) is 0 Å². The van der Waals surface area contributed by atoms with E-state index in [0.29, 0.717) is 5.88 Å². The van der Waals surface area contributed by atoms with E-state index in [2.05, 4.69) is 15.5 Å². The average Bonchev–Trinajstić information content (AvgIpc) is 2.30. The number of nitrogens with one attached hydrogen (secondary N) is 1. The highest BCUT2D eigenvalue weighted by Gasteiger charge is 2.32. The summed E-state index contributed by atoms with van der Waals surface area (Å²) in [5, 5.41) is 11.4. The van der Waals surface area contributed by atoms with Gasteiger partial charge in [0.2, 0.25) is 0 Å². The van der Waals surface area contributed by atoms with Crippen molar-refractivity contribution in [3.63, 3.8) is 0 Å². The molecule has 0 aromatic carbocycles. The summed E-state index contributed by atoms with van der Waals surface area (Å²) in [4.78, 5) is 0. The van der Waals surface area contributed by atoms with Gasteiger partial charge in [-0.15, -0.1) is 16.7 Å². The van der Waals surface area contributed by atoms with Crippen LogP contribution in [-0.2, 0) is 4.74 Å². The molecule has 0 radical (unpaired) electrons. The maximum Gasteiger partial charge on any atom is 0.149 e. The number of aromatic nitrogens is 2. The minimum absolute atomic E-state index is 0.0950. The molecule has 88 valence electrons. The van der Waals surface area contributed by atoms with Crippen LogP contribution in [0.5, 0.6) is 0 Å². The van der Waals surface area contributed by atoms with Gasteiger partial charge in [-0.05, 0) is 31.4 Å². The van der Waals surface area contributed by atoms with Crippen molar-refractivity contribution >= 4 is 17.4 Å². The number of hydrogen-bond acceptors (Lipinski definition) is 4. The van der Waals surface area contributed by atoms with Crippen molar-refractivity contribution in [2.24, 2.45) is 0 Å². The second-order valence-electron chi connectivity index (χ2n) is 4.27. The van der Waals surface area contributed by atoms with Crippen molar-refractivity contribution in [1.29, 1.82) is 0 Å². The number of ether oxygens (including phenoxy) is 1. The Bertz CT molecular complexity index is 353. The van der Waals surface area contributed by atoms with E-state index in [1.165, 1.54) is 0 Å². The minimum atomic E-state index is -0.0950. The van der Waals surface area contributed by atoms with Crippen molar-refractivity contribution in [2.75, 3.05) is 24.4 Å². The first-order valence-corrected chi connectivity index (χ1v) is 5.99. The van der Waals surface area contributed by atoms with Gasteiger partial charge in [0.05, 0.1) is 11.7 Å². The Morgan fingerprint density at radius 2 is 2.25 bits per heavy atom. The summed E-state index contributed by atoms with van der Waals surface area (Å²) < 4.78 is 5.35. The van der Waals surface area contributed by atoms with Gasteiger partial charge in [0, 0.05) is 19.1 Å². The van der Waals surface area contributed by atoms with Crippen LogP contribution in [-0.4, -0.2) is 34.8 Å². The van der Waals surface area contributed by atoms with Crippen molar-refractivity contribution in [3.8, 4) is 0 Å². The molecule has 16 heavy (non-hydrogen) atoms. The molecule has 1 aromatic heterocycles. The third kappa shape index (κ3) is 2.62. The molecule has 5 heteroatoms. The van der Waals surface area contributed by atoms with Gasteiger partial charge < -0.3 is 10.1 Å². The molecule has 0 amide bonds. The van der Waals surface area contributed by atoms with E-state index in [1.54, 1.807) is 6.20 Å². The molecule has 1 saturated heterocycles. The normalized spacial score (nSPS) is 19.4. The largest absolute Gasteiger partial charge is 0.381 e. The van der Waals surface area contributed by atoms with E-state index >= 15 is 0 Å². The van der Waals surface area contributed by atoms with Gasteiger partial charge >= 0.3 is 0 Å². The van der Waals surface area contributed by atoms with Crippen molar-refractivity contribution in [1.82, 2.24) is 10.2 Å². The third-order valence-corrected chi connectivity index (χ3v) is 3.40. The molecule has 1 aliphatic heterocycles. The Morgan fingerprint density at radius 3 is 2.88 bits per heavy atom. The molecule has 4 nitrogen and oxygen atoms in total. The molecular formula is C11H16ClN3O. The van der Waals surface area contributed by atoms with Crippen LogP contribution >= 0.6 is 11.6 Å². The monoisotopic (exact) mass is 241 g/mol. The highest BCUT2D eigenvalue weighted by molar-refractivity contribution is 6.18. The van der Waals surface area contributed by atoms with Gasteiger partial charge in [-0.2, -0.15) is 5.10 Å². The molecule has 2 heterocycles. The summed E-state index contributed by atoms with van der Waals surface area (Å²) >= 11 is 6.06. The highest BCUT2D eigenvalue weighted by Crippen LogP contribution is 2.26. The SMILES string of the molecule is Cc1cnnc(NC2(CCl)CCOCC2)c1. The summed E-state index contributed by atoms with van der Waals surface area (Å²) in [6.45, 7) is 3.50. The fourth-order valence-electron chi connectivity index (χ4n) is 1.85. The number of aryl methyl sites for hydroxylation is 1. The first-order valence-electron chi connectivity index (χ1n) is 5.45. The second kappa shape index (κ2) is 4.97. The molecule has 0 saturated carbocycles. The van der Waals surface area contributed by atoms with E-state index in [4.69, 9.17) is 16.3 Å². The van der Waals surface area contributed by atoms with Gasteiger partial charge in [-0.3, -0.25) is 0 Å². The van der Waals surface area contributed by atoms with Gasteiger partial charge in [-0.25, -0.2) is 0 Å². The van der Waals surface area contributed by atoms with E-state index in [1.807, 2.05) is 13.0 Å². The second-order valence-corrected chi connectivity index (χ2v) is 4.54. The fourth-order valence-corrected chi connectivity index (χ4v) is 2.18. The van der Waals surface area contributed by atoms with Crippen LogP contribution in [0.25, 0.3) is 0 Å². The summed E-state index contributed by atoms with van der Waals surface area (Å²) in [6.07, 6.45) is 3.56. The standard InChI is InChI=1S/C11H16ClN3O/c1-9-6-10(15-13-7-9)14-11(8-12)2-4-16-5-3-11/h6-7H,2-5,8H2,1H3,(H,14,15). The smallest absolute Gasteiger partial charge is 0.149 e. The zero-order chi connectivity index (χ0) is 11.4. The zero-order valence-corrected chi connectivity index (χ0v) is 10.1. The van der Waals surface area contributed by atoms with Crippen molar-refractivity contribution in [2.45, 2.75) is 25.3 Å². The molecule has 1 aromatic rings. The molecule has 2 rings (SSSR count). The lowest BCUT2D eigenvalue weighted by Crippen LogP contribution is -2.45. The van der Waals surface area contributed by atoms with Crippen LogP contribution in [0.15, 0.2) is 12.3 Å². The molecule has 1 fully saturated rings. The first kappa shape index (κ1) is 11.6. The van der Waals surface area contributed by atoms with Crippen LogP contribution in [0.1, 0.15) is 18.4 Å². The van der Waals surface area contributed by atoms with Gasteiger partial charge in [0.15, 0.2) is 0 Å². The predicted molar refractivity (Wildman–Crippen MR) is 63.9 cm³/mol. The fraction of sp³-hybridized carbons (Fsp3) is 0.636. The Kier molecular flexibility index (Phi) is 3.61. The van der Waals surface area contributed by atoms with Crippen molar-refractivity contribution in [3.05, 3.63) is 17.8 Å². The molecule has 0 bridgehead atoms. The topological polar surface area (TPSA) is 47.0 Å². The van der Waals surface area contributed by atoms with Gasteiger partial charge in [0.25, 0.3) is 0 Å². The van der Waals surface area contributed by atoms with Crippen LogP contribution < -0.4 is 5.32 Å². The van der Waals surface area contributed by atoms with Crippen molar-refractivity contribution < 1.29 is 4.74 Å². The third-order valence-electron chi connectivity index (χ3n) is 2.89. The number of rotatable bonds is 3. The Morgan fingerprint density at radius 1 is 1.50 bits per heavy atom. The average molecular weight is 242 g/mol. The summed E-state index contributed by atoms with van der Waals surface area (Å²) in [5.74, 6) is 1.36. The van der Waals surface area contributed by atoms with E-state index < -0.39 is 0 Å². The highest BCUT2D eigenvalue weighted by atomic mass is 35.5. The predicted octanol–water partition coefficient (Wildman–Crippen LogP) is 1.98. The molecule has 0 spiro atoms. The lowest BCUT2D eigenvalue weighted by atomic mass is 9.92. The maximum absolute atomic E-state index is 6.06. The molecular weight excluding hydrogens is 226 g/mol. The van der Waals surface area contributed by atoms with Crippen LogP contribution in [0.2, 0.25) is 0 Å². The van der Waals surface area contributed by atoms with Crippen LogP contribution in [0.4, 0.5) is 5.82 Å². The van der Waals surface area contributed by atoms with E-state index in [0.717, 1.165) is 37.4 Å².